The van der Waals surface area contributed by atoms with E-state index in [1.165, 1.54) is 38.1 Å². The summed E-state index contributed by atoms with van der Waals surface area (Å²) < 4.78 is 14.5. The number of hydrogen-bond donors (Lipinski definition) is 0. The van der Waals surface area contributed by atoms with Crippen molar-refractivity contribution in [2.45, 2.75) is 13.3 Å². The highest BCUT2D eigenvalue weighted by molar-refractivity contribution is 5.75. The quantitative estimate of drug-likeness (QED) is 0.637. The van der Waals surface area contributed by atoms with Gasteiger partial charge in [0, 0.05) is 34.7 Å². The summed E-state index contributed by atoms with van der Waals surface area (Å²) in [5.74, 6) is -0.141. The minimum absolute atomic E-state index is 0.0803. The van der Waals surface area contributed by atoms with Crippen molar-refractivity contribution in [3.63, 3.8) is 0 Å². The number of carbonyl (C=O) groups is 3. The van der Waals surface area contributed by atoms with Crippen LogP contribution in [-0.4, -0.2) is 81.2 Å². The maximum Gasteiger partial charge on any atom is 0.413 e. The predicted octanol–water partition coefficient (Wildman–Crippen LogP) is 0.511. The van der Waals surface area contributed by atoms with E-state index in [4.69, 9.17) is 14.2 Å². The SMILES string of the molecule is CCC(=O)N(C)COC(=O)N(C)COC(=O)N(C)COC. The summed E-state index contributed by atoms with van der Waals surface area (Å²) in [6, 6.07) is 0. The van der Waals surface area contributed by atoms with Gasteiger partial charge in [-0.25, -0.2) is 9.59 Å². The molecule has 0 fully saturated rings. The van der Waals surface area contributed by atoms with Gasteiger partial charge in [-0.05, 0) is 0 Å². The van der Waals surface area contributed by atoms with Gasteiger partial charge in [0.25, 0.3) is 0 Å². The van der Waals surface area contributed by atoms with Crippen LogP contribution in [0.15, 0.2) is 0 Å². The zero-order valence-electron chi connectivity index (χ0n) is 13.1. The smallest absolute Gasteiger partial charge is 0.413 e. The first-order chi connectivity index (χ1) is 9.83. The number of nitrogens with zero attached hydrogens (tertiary/aromatic N) is 3. The molecule has 122 valence electrons. The second kappa shape index (κ2) is 9.81. The van der Waals surface area contributed by atoms with Crippen LogP contribution < -0.4 is 0 Å². The number of carbonyl (C=O) groups excluding carboxylic acids is 3. The van der Waals surface area contributed by atoms with E-state index in [-0.39, 0.29) is 26.1 Å². The molecule has 9 nitrogen and oxygen atoms in total. The standard InChI is InChI=1S/C12H23N3O6/c1-6-10(16)13(2)8-20-12(18)15(4)9-21-11(17)14(3)7-19-5/h6-9H2,1-5H3. The van der Waals surface area contributed by atoms with Crippen molar-refractivity contribution in [1.29, 1.82) is 0 Å². The summed E-state index contributed by atoms with van der Waals surface area (Å²) in [6.45, 7) is 1.37. The molecule has 21 heavy (non-hydrogen) atoms. The van der Waals surface area contributed by atoms with Gasteiger partial charge in [0.15, 0.2) is 13.5 Å². The lowest BCUT2D eigenvalue weighted by Gasteiger charge is -2.22. The number of methoxy groups -OCH3 is 1. The summed E-state index contributed by atoms with van der Waals surface area (Å²) in [6.07, 6.45) is -1.00. The van der Waals surface area contributed by atoms with E-state index >= 15 is 0 Å². The Bertz CT molecular complexity index is 363. The average molecular weight is 305 g/mol. The Morgan fingerprint density at radius 1 is 0.810 bits per heavy atom. The van der Waals surface area contributed by atoms with Gasteiger partial charge < -0.3 is 19.1 Å². The molecule has 0 aromatic carbocycles. The Morgan fingerprint density at radius 2 is 1.24 bits per heavy atom. The molecule has 0 aromatic heterocycles. The lowest BCUT2D eigenvalue weighted by molar-refractivity contribution is -0.133. The third-order valence-corrected chi connectivity index (χ3v) is 2.44. The second-order valence-electron chi connectivity index (χ2n) is 4.34. The number of ether oxygens (including phenoxy) is 3. The highest BCUT2D eigenvalue weighted by Gasteiger charge is 2.16. The summed E-state index contributed by atoms with van der Waals surface area (Å²) in [4.78, 5) is 37.9. The number of amides is 3. The van der Waals surface area contributed by atoms with Crippen molar-refractivity contribution in [3.05, 3.63) is 0 Å². The van der Waals surface area contributed by atoms with E-state index in [1.807, 2.05) is 0 Å². The van der Waals surface area contributed by atoms with Crippen molar-refractivity contribution in [2.75, 3.05) is 48.4 Å². The Hall–Kier alpha value is -2.03. The van der Waals surface area contributed by atoms with Crippen molar-refractivity contribution in [1.82, 2.24) is 14.7 Å². The van der Waals surface area contributed by atoms with Gasteiger partial charge in [-0.15, -0.1) is 0 Å². The van der Waals surface area contributed by atoms with E-state index in [2.05, 4.69) is 0 Å². The molecule has 3 amide bonds. The van der Waals surface area contributed by atoms with E-state index in [9.17, 15) is 14.4 Å². The zero-order valence-corrected chi connectivity index (χ0v) is 13.1. The fraction of sp³-hybridized carbons (Fsp3) is 0.750. The second-order valence-corrected chi connectivity index (χ2v) is 4.34. The van der Waals surface area contributed by atoms with Gasteiger partial charge in [-0.1, -0.05) is 6.92 Å². The molecule has 0 saturated carbocycles. The fourth-order valence-electron chi connectivity index (χ4n) is 1.17. The Labute approximate surface area is 124 Å². The van der Waals surface area contributed by atoms with Crippen LogP contribution in [0.25, 0.3) is 0 Å². The number of rotatable bonds is 7. The minimum Gasteiger partial charge on any atom is -0.428 e. The van der Waals surface area contributed by atoms with Crippen LogP contribution in [0, 0.1) is 0 Å². The maximum absolute atomic E-state index is 11.6. The van der Waals surface area contributed by atoms with E-state index in [0.29, 0.717) is 6.42 Å². The Morgan fingerprint density at radius 3 is 1.67 bits per heavy atom. The average Bonchev–Trinajstić information content (AvgIpc) is 2.48. The van der Waals surface area contributed by atoms with Crippen LogP contribution in [0.3, 0.4) is 0 Å². The molecule has 0 N–H and O–H groups in total. The topological polar surface area (TPSA) is 88.6 Å². The highest BCUT2D eigenvalue weighted by Crippen LogP contribution is 1.97. The molecule has 0 saturated heterocycles. The molecule has 0 aliphatic carbocycles. The zero-order chi connectivity index (χ0) is 16.4. The Kier molecular flexibility index (Phi) is 8.86. The van der Waals surface area contributed by atoms with Crippen LogP contribution in [0.1, 0.15) is 13.3 Å². The van der Waals surface area contributed by atoms with Gasteiger partial charge in [0.05, 0.1) is 0 Å². The third-order valence-electron chi connectivity index (χ3n) is 2.44. The van der Waals surface area contributed by atoms with E-state index < -0.39 is 12.2 Å². The predicted molar refractivity (Wildman–Crippen MR) is 73.2 cm³/mol. The summed E-state index contributed by atoms with van der Waals surface area (Å²) in [5, 5.41) is 0. The van der Waals surface area contributed by atoms with Crippen molar-refractivity contribution < 1.29 is 28.6 Å². The largest absolute Gasteiger partial charge is 0.428 e. The molecular formula is C12H23N3O6. The molecule has 0 atom stereocenters. The van der Waals surface area contributed by atoms with Crippen molar-refractivity contribution in [2.24, 2.45) is 0 Å². The molecule has 9 heteroatoms. The third kappa shape index (κ3) is 7.35. The summed E-state index contributed by atoms with van der Waals surface area (Å²) >= 11 is 0. The molecule has 0 aliphatic heterocycles. The fourth-order valence-corrected chi connectivity index (χ4v) is 1.17. The van der Waals surface area contributed by atoms with E-state index in [1.54, 1.807) is 6.92 Å². The minimum atomic E-state index is -0.701. The molecule has 0 unspecified atom stereocenters. The number of hydrogen-bond acceptors (Lipinski definition) is 6. The van der Waals surface area contributed by atoms with Crippen LogP contribution in [0.5, 0.6) is 0 Å². The van der Waals surface area contributed by atoms with Gasteiger partial charge in [0.2, 0.25) is 5.91 Å². The van der Waals surface area contributed by atoms with E-state index in [0.717, 1.165) is 4.90 Å². The summed E-state index contributed by atoms with van der Waals surface area (Å²) in [5.41, 5.74) is 0. The molecule has 0 spiro atoms. The Balaban J connectivity index is 4.05. The monoisotopic (exact) mass is 305 g/mol. The first-order valence-electron chi connectivity index (χ1n) is 6.32. The highest BCUT2D eigenvalue weighted by atomic mass is 16.6. The van der Waals surface area contributed by atoms with Crippen LogP contribution in [-0.2, 0) is 19.0 Å². The van der Waals surface area contributed by atoms with Gasteiger partial charge in [0.1, 0.15) is 6.73 Å². The lowest BCUT2D eigenvalue weighted by atomic mass is 10.4. The molecule has 0 aromatic rings. The normalized spacial score (nSPS) is 9.76. The first kappa shape index (κ1) is 19.0. The molecule has 0 radical (unpaired) electrons. The molecule has 0 aliphatic rings. The molecule has 0 bridgehead atoms. The molecular weight excluding hydrogens is 282 g/mol. The van der Waals surface area contributed by atoms with Crippen molar-refractivity contribution >= 4 is 18.1 Å². The van der Waals surface area contributed by atoms with Crippen LogP contribution in [0.4, 0.5) is 9.59 Å². The molecule has 0 rings (SSSR count). The van der Waals surface area contributed by atoms with Gasteiger partial charge >= 0.3 is 12.2 Å². The summed E-state index contributed by atoms with van der Waals surface area (Å²) in [7, 11) is 5.88. The maximum atomic E-state index is 11.6. The van der Waals surface area contributed by atoms with Crippen LogP contribution in [0.2, 0.25) is 0 Å². The van der Waals surface area contributed by atoms with Crippen LogP contribution >= 0.6 is 0 Å². The van der Waals surface area contributed by atoms with Crippen molar-refractivity contribution in [3.8, 4) is 0 Å². The molecule has 0 heterocycles. The van der Waals surface area contributed by atoms with Gasteiger partial charge in [-0.2, -0.15) is 0 Å². The first-order valence-corrected chi connectivity index (χ1v) is 6.32. The van der Waals surface area contributed by atoms with Gasteiger partial charge in [-0.3, -0.25) is 14.6 Å². The lowest BCUT2D eigenvalue weighted by Crippen LogP contribution is -2.37.